The number of rotatable bonds is 2. The van der Waals surface area contributed by atoms with Gasteiger partial charge in [-0.1, -0.05) is 11.8 Å². The number of amidine groups is 1. The lowest BCUT2D eigenvalue weighted by molar-refractivity contribution is 0.271. The van der Waals surface area contributed by atoms with Crippen LogP contribution >= 0.6 is 20.4 Å². The van der Waals surface area contributed by atoms with E-state index in [1.807, 2.05) is 0 Å². The first-order valence-corrected chi connectivity index (χ1v) is 4.89. The lowest BCUT2D eigenvalue weighted by Crippen LogP contribution is -2.01. The fourth-order valence-electron chi connectivity index (χ4n) is 0.0745. The molecule has 0 aliphatic carbocycles. The van der Waals surface area contributed by atoms with Crippen LogP contribution in [-0.2, 0) is 9.05 Å². The fraction of sp³-hybridized carbons (Fsp3) is 0.750. The summed E-state index contributed by atoms with van der Waals surface area (Å²) in [6.45, 7) is 0. The molecule has 0 aromatic carbocycles. The highest BCUT2D eigenvalue weighted by Crippen LogP contribution is 2.28. The smallest absolute Gasteiger partial charge is 0.329 e. The summed E-state index contributed by atoms with van der Waals surface area (Å²) in [5.41, 5.74) is 4.84. The van der Waals surface area contributed by atoms with E-state index in [2.05, 4.69) is 9.05 Å². The van der Waals surface area contributed by atoms with Crippen LogP contribution in [0.25, 0.3) is 0 Å². The zero-order valence-corrected chi connectivity index (χ0v) is 8.41. The van der Waals surface area contributed by atoms with Crippen LogP contribution < -0.4 is 5.73 Å². The van der Waals surface area contributed by atoms with E-state index in [-0.39, 0.29) is 5.17 Å². The highest BCUT2D eigenvalue weighted by molar-refractivity contribution is 8.13. The summed E-state index contributed by atoms with van der Waals surface area (Å²) in [6, 6.07) is 0. The standard InChI is InChI=1S/C2H6N2S.C2H7O3P/c1-5-2(3)4;1-4-6(3)5-2/h1H3,(H3,3,4);3H,1-2H3. The Morgan fingerprint density at radius 2 is 1.82 bits per heavy atom. The number of nitrogens with two attached hydrogens (primary N) is 1. The van der Waals surface area contributed by atoms with Gasteiger partial charge in [-0.05, 0) is 6.26 Å². The molecule has 4 N–H and O–H groups in total. The molecule has 11 heavy (non-hydrogen) atoms. The Morgan fingerprint density at radius 1 is 1.55 bits per heavy atom. The third-order valence-corrected chi connectivity index (χ3v) is 1.60. The molecule has 0 aromatic rings. The molecule has 0 saturated carbocycles. The largest absolute Gasteiger partial charge is 0.379 e. The van der Waals surface area contributed by atoms with Crippen LogP contribution in [0.2, 0.25) is 0 Å². The molecule has 0 heterocycles. The molecule has 0 atom stereocenters. The lowest BCUT2D eigenvalue weighted by Gasteiger charge is -1.98. The van der Waals surface area contributed by atoms with Gasteiger partial charge in [0, 0.05) is 14.2 Å². The second-order valence-electron chi connectivity index (χ2n) is 1.17. The maximum atomic E-state index is 8.29. The average Bonchev–Trinajstić information content (AvgIpc) is 2.04. The van der Waals surface area contributed by atoms with Gasteiger partial charge in [-0.3, -0.25) is 5.41 Å². The van der Waals surface area contributed by atoms with E-state index in [1.54, 1.807) is 6.26 Å². The van der Waals surface area contributed by atoms with Gasteiger partial charge in [0.2, 0.25) is 0 Å². The summed E-state index contributed by atoms with van der Waals surface area (Å²) in [5.74, 6) is 0. The number of nitrogens with one attached hydrogen (secondary N) is 1. The molecule has 5 nitrogen and oxygen atoms in total. The predicted octanol–water partition coefficient (Wildman–Crippen LogP) is 0.741. The SMILES string of the molecule is COP(O)OC.CSC(=N)N. The normalized spacial score (nSPS) is 8.82. The fourth-order valence-corrected chi connectivity index (χ4v) is 0.224. The van der Waals surface area contributed by atoms with Gasteiger partial charge in [0.25, 0.3) is 0 Å². The average molecular weight is 200 g/mol. The quantitative estimate of drug-likeness (QED) is 0.347. The van der Waals surface area contributed by atoms with E-state index in [0.29, 0.717) is 0 Å². The predicted molar refractivity (Wildman–Crippen MR) is 48.6 cm³/mol. The van der Waals surface area contributed by atoms with Crippen molar-refractivity contribution in [2.24, 2.45) is 5.73 Å². The molecule has 0 aliphatic rings. The van der Waals surface area contributed by atoms with Crippen molar-refractivity contribution in [1.29, 1.82) is 5.41 Å². The topological polar surface area (TPSA) is 88.6 Å². The van der Waals surface area contributed by atoms with Gasteiger partial charge in [-0.25, -0.2) is 0 Å². The van der Waals surface area contributed by atoms with Crippen LogP contribution in [-0.4, -0.2) is 30.5 Å². The van der Waals surface area contributed by atoms with Crippen molar-refractivity contribution in [3.8, 4) is 0 Å². The van der Waals surface area contributed by atoms with E-state index in [4.69, 9.17) is 16.0 Å². The summed E-state index contributed by atoms with van der Waals surface area (Å²) in [5, 5.41) is 6.66. The molecule has 68 valence electrons. The summed E-state index contributed by atoms with van der Waals surface area (Å²) in [6.07, 6.45) is 1.77. The Bertz CT molecular complexity index is 101. The van der Waals surface area contributed by atoms with Crippen LogP contribution in [0.15, 0.2) is 0 Å². The van der Waals surface area contributed by atoms with Crippen LogP contribution in [0.4, 0.5) is 0 Å². The zero-order chi connectivity index (χ0) is 9.28. The van der Waals surface area contributed by atoms with Crippen LogP contribution in [0.5, 0.6) is 0 Å². The van der Waals surface area contributed by atoms with Crippen molar-refractivity contribution >= 4 is 25.5 Å². The third-order valence-electron chi connectivity index (χ3n) is 0.532. The molecule has 0 rings (SSSR count). The maximum Gasteiger partial charge on any atom is 0.329 e. The molecule has 7 heteroatoms. The molecule has 0 bridgehead atoms. The van der Waals surface area contributed by atoms with E-state index in [9.17, 15) is 0 Å². The first-order valence-electron chi connectivity index (χ1n) is 2.53. The van der Waals surface area contributed by atoms with Gasteiger partial charge in [0.05, 0.1) is 0 Å². The van der Waals surface area contributed by atoms with Crippen molar-refractivity contribution in [2.75, 3.05) is 20.5 Å². The second-order valence-corrected chi connectivity index (χ2v) is 3.23. The minimum Gasteiger partial charge on any atom is -0.379 e. The highest BCUT2D eigenvalue weighted by atomic mass is 32.2. The number of hydrogen-bond acceptors (Lipinski definition) is 5. The van der Waals surface area contributed by atoms with Crippen molar-refractivity contribution in [3.63, 3.8) is 0 Å². The van der Waals surface area contributed by atoms with Crippen molar-refractivity contribution in [3.05, 3.63) is 0 Å². The molecular formula is C4H13N2O3PS. The summed E-state index contributed by atoms with van der Waals surface area (Å²) in [7, 11) is 1.19. The highest BCUT2D eigenvalue weighted by Gasteiger charge is 1.94. The third kappa shape index (κ3) is 17.8. The molecule has 0 amide bonds. The first-order chi connectivity index (χ1) is 5.08. The monoisotopic (exact) mass is 200 g/mol. The maximum absolute atomic E-state index is 8.29. The molecule has 0 aromatic heterocycles. The molecule has 0 radical (unpaired) electrons. The van der Waals surface area contributed by atoms with Gasteiger partial charge >= 0.3 is 8.60 Å². The Morgan fingerprint density at radius 3 is 1.82 bits per heavy atom. The summed E-state index contributed by atoms with van der Waals surface area (Å²) < 4.78 is 8.59. The van der Waals surface area contributed by atoms with Gasteiger partial charge in [0.15, 0.2) is 5.17 Å². The van der Waals surface area contributed by atoms with Crippen molar-refractivity contribution in [2.45, 2.75) is 0 Å². The Labute approximate surface area is 71.8 Å². The van der Waals surface area contributed by atoms with Crippen molar-refractivity contribution in [1.82, 2.24) is 0 Å². The minimum absolute atomic E-state index is 0.171. The summed E-state index contributed by atoms with van der Waals surface area (Å²) >= 11 is 1.24. The molecule has 0 spiro atoms. The van der Waals surface area contributed by atoms with E-state index >= 15 is 0 Å². The van der Waals surface area contributed by atoms with E-state index in [0.717, 1.165) is 0 Å². The van der Waals surface area contributed by atoms with Crippen LogP contribution in [0.3, 0.4) is 0 Å². The molecular weight excluding hydrogens is 187 g/mol. The van der Waals surface area contributed by atoms with E-state index in [1.165, 1.54) is 26.0 Å². The van der Waals surface area contributed by atoms with Gasteiger partial charge in [0.1, 0.15) is 0 Å². The Hall–Kier alpha value is 0.130. The Kier molecular flexibility index (Phi) is 12.6. The van der Waals surface area contributed by atoms with Gasteiger partial charge in [-0.2, -0.15) is 0 Å². The van der Waals surface area contributed by atoms with Crippen LogP contribution in [0, 0.1) is 5.41 Å². The number of thioether (sulfide) groups is 1. The van der Waals surface area contributed by atoms with Crippen molar-refractivity contribution < 1.29 is 13.9 Å². The molecule has 0 aliphatic heterocycles. The first kappa shape index (κ1) is 13.7. The molecule has 0 saturated heterocycles. The minimum atomic E-state index is -1.58. The Balaban J connectivity index is 0. The van der Waals surface area contributed by atoms with Gasteiger partial charge < -0.3 is 19.7 Å². The second kappa shape index (κ2) is 10.1. The van der Waals surface area contributed by atoms with Crippen LogP contribution in [0.1, 0.15) is 0 Å². The summed E-state index contributed by atoms with van der Waals surface area (Å²) in [4.78, 5) is 8.29. The lowest BCUT2D eigenvalue weighted by atomic mass is 11.4. The number of hydrogen-bond donors (Lipinski definition) is 3. The van der Waals surface area contributed by atoms with E-state index < -0.39 is 8.60 Å². The van der Waals surface area contributed by atoms with Gasteiger partial charge in [-0.15, -0.1) is 0 Å². The zero-order valence-electron chi connectivity index (χ0n) is 6.70. The molecule has 0 unspecified atom stereocenters. The molecule has 0 fully saturated rings.